The number of aryl methyl sites for hydroxylation is 3. The first-order chi connectivity index (χ1) is 19.7. The Kier molecular flexibility index (Phi) is 7.25. The van der Waals surface area contributed by atoms with Crippen LogP contribution in [0.3, 0.4) is 0 Å². The van der Waals surface area contributed by atoms with Gasteiger partial charge in [-0.15, -0.1) is 0 Å². The lowest BCUT2D eigenvalue weighted by Gasteiger charge is -2.29. The number of imidazole rings is 1. The number of halogens is 1. The van der Waals surface area contributed by atoms with Gasteiger partial charge in [-0.05, 0) is 91.6 Å². The SMILES string of the molecule is Cc1ccc(S(=O)(=O)N[C@H]2CCCc3ccc(N(Cc4nccn4C)C(=O)[C@H]4C[C@H]4c4ccc(F)cc4)cc32)cc1. The number of carbonyl (C=O) groups excluding carboxylic acids is 1. The summed E-state index contributed by atoms with van der Waals surface area (Å²) in [5.74, 6) is 0.253. The van der Waals surface area contributed by atoms with Gasteiger partial charge < -0.3 is 9.47 Å². The van der Waals surface area contributed by atoms with E-state index in [0.717, 1.165) is 40.9 Å². The molecule has 0 unspecified atom stereocenters. The van der Waals surface area contributed by atoms with Crippen molar-refractivity contribution in [2.24, 2.45) is 13.0 Å². The molecule has 0 aliphatic heterocycles. The number of hydrogen-bond acceptors (Lipinski definition) is 4. The van der Waals surface area contributed by atoms with Gasteiger partial charge in [0.15, 0.2) is 0 Å². The van der Waals surface area contributed by atoms with Crippen LogP contribution < -0.4 is 9.62 Å². The molecule has 212 valence electrons. The molecule has 6 rings (SSSR count). The van der Waals surface area contributed by atoms with Crippen molar-refractivity contribution in [1.29, 1.82) is 0 Å². The lowest BCUT2D eigenvalue weighted by molar-refractivity contribution is -0.120. The Labute approximate surface area is 240 Å². The molecule has 9 heteroatoms. The standard InChI is InChI=1S/C32H33FN4O3S/c1-21-6-14-26(15-7-21)41(39,40)35-30-5-3-4-22-10-13-25(18-28(22)30)37(20-31-34-16-17-36(31)2)32(38)29-19-27(29)23-8-11-24(33)12-9-23/h6-18,27,29-30,35H,3-5,19-20H2,1-2H3/t27-,29-,30-/m0/s1. The summed E-state index contributed by atoms with van der Waals surface area (Å²) in [4.78, 5) is 20.4. The average Bonchev–Trinajstić information content (AvgIpc) is 3.66. The molecule has 2 aliphatic rings. The second-order valence-corrected chi connectivity index (χ2v) is 12.9. The van der Waals surface area contributed by atoms with Crippen molar-refractivity contribution in [3.8, 4) is 0 Å². The van der Waals surface area contributed by atoms with Crippen LogP contribution in [0.4, 0.5) is 10.1 Å². The first-order valence-corrected chi connectivity index (χ1v) is 15.4. The highest BCUT2D eigenvalue weighted by atomic mass is 32.2. The van der Waals surface area contributed by atoms with Crippen LogP contribution in [0.5, 0.6) is 0 Å². The van der Waals surface area contributed by atoms with E-state index in [0.29, 0.717) is 18.5 Å². The predicted octanol–water partition coefficient (Wildman–Crippen LogP) is 5.56. The van der Waals surface area contributed by atoms with E-state index in [1.165, 1.54) is 12.1 Å². The molecular formula is C32H33FN4O3S. The molecule has 1 fully saturated rings. The van der Waals surface area contributed by atoms with Crippen LogP contribution in [0.15, 0.2) is 84.0 Å². The Morgan fingerprint density at radius 2 is 1.85 bits per heavy atom. The minimum absolute atomic E-state index is 0.0186. The van der Waals surface area contributed by atoms with Crippen LogP contribution in [0.2, 0.25) is 0 Å². The molecule has 3 aromatic carbocycles. The van der Waals surface area contributed by atoms with Crippen molar-refractivity contribution in [2.45, 2.75) is 56.0 Å². The number of benzene rings is 3. The number of aromatic nitrogens is 2. The molecule has 1 saturated carbocycles. The average molecular weight is 573 g/mol. The zero-order valence-corrected chi connectivity index (χ0v) is 23.9. The quantitative estimate of drug-likeness (QED) is 0.300. The molecule has 4 aromatic rings. The molecule has 3 atom stereocenters. The van der Waals surface area contributed by atoms with E-state index in [1.807, 2.05) is 42.9 Å². The molecule has 1 heterocycles. The van der Waals surface area contributed by atoms with Crippen molar-refractivity contribution in [3.05, 3.63) is 113 Å². The first-order valence-electron chi connectivity index (χ1n) is 13.9. The Hall–Kier alpha value is -3.82. The zero-order valence-electron chi connectivity index (χ0n) is 23.1. The topological polar surface area (TPSA) is 84.3 Å². The second kappa shape index (κ2) is 10.9. The van der Waals surface area contributed by atoms with E-state index in [1.54, 1.807) is 47.5 Å². The highest BCUT2D eigenvalue weighted by Crippen LogP contribution is 2.49. The third-order valence-electron chi connectivity index (χ3n) is 8.28. The van der Waals surface area contributed by atoms with E-state index in [-0.39, 0.29) is 35.0 Å². The van der Waals surface area contributed by atoms with Crippen LogP contribution in [0.1, 0.15) is 59.3 Å². The number of fused-ring (bicyclic) bond motifs is 1. The summed E-state index contributed by atoms with van der Waals surface area (Å²) in [6.07, 6.45) is 6.64. The van der Waals surface area contributed by atoms with Crippen molar-refractivity contribution in [1.82, 2.24) is 14.3 Å². The highest BCUT2D eigenvalue weighted by molar-refractivity contribution is 7.89. The van der Waals surface area contributed by atoms with E-state index in [4.69, 9.17) is 0 Å². The Bertz CT molecular complexity index is 1680. The van der Waals surface area contributed by atoms with Gasteiger partial charge in [0.1, 0.15) is 11.6 Å². The lowest BCUT2D eigenvalue weighted by atomic mass is 9.87. The number of amides is 1. The number of hydrogen-bond donors (Lipinski definition) is 1. The van der Waals surface area contributed by atoms with Crippen LogP contribution in [0.25, 0.3) is 0 Å². The van der Waals surface area contributed by atoms with Gasteiger partial charge in [0, 0.05) is 37.1 Å². The van der Waals surface area contributed by atoms with Gasteiger partial charge in [-0.1, -0.05) is 35.9 Å². The molecule has 7 nitrogen and oxygen atoms in total. The van der Waals surface area contributed by atoms with Crippen LogP contribution in [-0.2, 0) is 34.8 Å². The van der Waals surface area contributed by atoms with E-state index < -0.39 is 16.1 Å². The molecule has 0 saturated heterocycles. The van der Waals surface area contributed by atoms with Crippen LogP contribution >= 0.6 is 0 Å². The lowest BCUT2D eigenvalue weighted by Crippen LogP contribution is -2.34. The van der Waals surface area contributed by atoms with E-state index >= 15 is 0 Å². The summed E-state index contributed by atoms with van der Waals surface area (Å²) in [6.45, 7) is 2.21. The predicted molar refractivity (Wildman–Crippen MR) is 155 cm³/mol. The first kappa shape index (κ1) is 27.4. The minimum atomic E-state index is -3.73. The fraction of sp³-hybridized carbons (Fsp3) is 0.312. The Morgan fingerprint density at radius 1 is 1.10 bits per heavy atom. The van der Waals surface area contributed by atoms with Gasteiger partial charge in [-0.2, -0.15) is 0 Å². The molecule has 2 aliphatic carbocycles. The van der Waals surface area contributed by atoms with Crippen molar-refractivity contribution in [3.63, 3.8) is 0 Å². The number of anilines is 1. The second-order valence-electron chi connectivity index (χ2n) is 11.1. The number of rotatable bonds is 8. The van der Waals surface area contributed by atoms with Gasteiger partial charge >= 0.3 is 0 Å². The Morgan fingerprint density at radius 3 is 2.56 bits per heavy atom. The largest absolute Gasteiger partial charge is 0.337 e. The van der Waals surface area contributed by atoms with E-state index in [2.05, 4.69) is 9.71 Å². The molecule has 1 amide bonds. The molecule has 1 N–H and O–H groups in total. The van der Waals surface area contributed by atoms with Gasteiger partial charge in [-0.3, -0.25) is 4.79 Å². The molecular weight excluding hydrogens is 539 g/mol. The number of nitrogens with one attached hydrogen (secondary N) is 1. The number of nitrogens with zero attached hydrogens (tertiary/aromatic N) is 3. The third kappa shape index (κ3) is 5.69. The molecule has 0 bridgehead atoms. The smallest absolute Gasteiger partial charge is 0.241 e. The van der Waals surface area contributed by atoms with Crippen molar-refractivity contribution >= 4 is 21.6 Å². The van der Waals surface area contributed by atoms with Crippen molar-refractivity contribution in [2.75, 3.05) is 4.90 Å². The monoisotopic (exact) mass is 572 g/mol. The Balaban J connectivity index is 1.31. The maximum absolute atomic E-state index is 14.0. The maximum atomic E-state index is 14.0. The fourth-order valence-corrected chi connectivity index (χ4v) is 7.03. The summed E-state index contributed by atoms with van der Waals surface area (Å²) in [5, 5.41) is 0. The van der Waals surface area contributed by atoms with Crippen LogP contribution in [0, 0.1) is 18.7 Å². The van der Waals surface area contributed by atoms with Gasteiger partial charge in [0.05, 0.1) is 11.4 Å². The summed E-state index contributed by atoms with van der Waals surface area (Å²) in [5.41, 5.74) is 4.64. The summed E-state index contributed by atoms with van der Waals surface area (Å²) in [6, 6.07) is 18.7. The van der Waals surface area contributed by atoms with E-state index in [9.17, 15) is 17.6 Å². The maximum Gasteiger partial charge on any atom is 0.241 e. The van der Waals surface area contributed by atoms with Gasteiger partial charge in [-0.25, -0.2) is 22.5 Å². The summed E-state index contributed by atoms with van der Waals surface area (Å²) in [7, 11) is -1.84. The molecule has 1 aromatic heterocycles. The normalized spacial score (nSPS) is 19.9. The van der Waals surface area contributed by atoms with Gasteiger partial charge in [0.25, 0.3) is 0 Å². The van der Waals surface area contributed by atoms with Crippen LogP contribution in [-0.4, -0.2) is 23.9 Å². The summed E-state index contributed by atoms with van der Waals surface area (Å²) < 4.78 is 44.9. The zero-order chi connectivity index (χ0) is 28.7. The fourth-order valence-electron chi connectivity index (χ4n) is 5.78. The van der Waals surface area contributed by atoms with Gasteiger partial charge in [0.2, 0.25) is 15.9 Å². The van der Waals surface area contributed by atoms with Crippen molar-refractivity contribution < 1.29 is 17.6 Å². The molecule has 0 spiro atoms. The number of carbonyl (C=O) groups is 1. The summed E-state index contributed by atoms with van der Waals surface area (Å²) >= 11 is 0. The molecule has 0 radical (unpaired) electrons. The number of sulfonamides is 1. The third-order valence-corrected chi connectivity index (χ3v) is 9.76. The molecule has 41 heavy (non-hydrogen) atoms. The minimum Gasteiger partial charge on any atom is -0.337 e. The highest BCUT2D eigenvalue weighted by Gasteiger charge is 2.46.